The zero-order valence-electron chi connectivity index (χ0n) is 10.8. The molecule has 4 nitrogen and oxygen atoms in total. The van der Waals surface area contributed by atoms with Crippen LogP contribution in [0.25, 0.3) is 0 Å². The standard InChI is InChI=1S/C12H21N3O/c1-6-7-15(8(2)3)12(16)11-9(4)13-14-10(11)5/h8H,6-7H2,1-5H3,(H,13,14). The van der Waals surface area contributed by atoms with Crippen molar-refractivity contribution in [3.63, 3.8) is 0 Å². The fraction of sp³-hybridized carbons (Fsp3) is 0.667. The Morgan fingerprint density at radius 2 is 2.06 bits per heavy atom. The zero-order valence-corrected chi connectivity index (χ0v) is 10.8. The minimum Gasteiger partial charge on any atom is -0.336 e. The first kappa shape index (κ1) is 12.7. The highest BCUT2D eigenvalue weighted by atomic mass is 16.2. The van der Waals surface area contributed by atoms with Gasteiger partial charge in [0.05, 0.1) is 11.3 Å². The van der Waals surface area contributed by atoms with Crippen molar-refractivity contribution in [2.45, 2.75) is 47.1 Å². The summed E-state index contributed by atoms with van der Waals surface area (Å²) < 4.78 is 0. The van der Waals surface area contributed by atoms with Crippen LogP contribution in [0.4, 0.5) is 0 Å². The average molecular weight is 223 g/mol. The van der Waals surface area contributed by atoms with Crippen molar-refractivity contribution < 1.29 is 4.79 Å². The molecule has 4 heteroatoms. The minimum absolute atomic E-state index is 0.0839. The van der Waals surface area contributed by atoms with Crippen LogP contribution in [-0.4, -0.2) is 33.6 Å². The summed E-state index contributed by atoms with van der Waals surface area (Å²) in [4.78, 5) is 14.2. The summed E-state index contributed by atoms with van der Waals surface area (Å²) in [6.07, 6.45) is 0.972. The van der Waals surface area contributed by atoms with E-state index in [4.69, 9.17) is 0 Å². The first-order valence-corrected chi connectivity index (χ1v) is 5.81. The summed E-state index contributed by atoms with van der Waals surface area (Å²) >= 11 is 0. The molecule has 1 aromatic rings. The lowest BCUT2D eigenvalue weighted by atomic mass is 10.1. The van der Waals surface area contributed by atoms with Gasteiger partial charge in [-0.2, -0.15) is 5.10 Å². The monoisotopic (exact) mass is 223 g/mol. The van der Waals surface area contributed by atoms with E-state index in [1.165, 1.54) is 0 Å². The number of carbonyl (C=O) groups is 1. The maximum absolute atomic E-state index is 12.3. The van der Waals surface area contributed by atoms with Gasteiger partial charge in [0.15, 0.2) is 0 Å². The average Bonchev–Trinajstić information content (AvgIpc) is 2.54. The zero-order chi connectivity index (χ0) is 12.3. The quantitative estimate of drug-likeness (QED) is 0.851. The Bertz CT molecular complexity index is 349. The molecule has 1 amide bonds. The van der Waals surface area contributed by atoms with Crippen LogP contribution in [0.2, 0.25) is 0 Å². The normalized spacial score (nSPS) is 10.9. The van der Waals surface area contributed by atoms with E-state index in [-0.39, 0.29) is 11.9 Å². The van der Waals surface area contributed by atoms with Gasteiger partial charge < -0.3 is 4.90 Å². The van der Waals surface area contributed by atoms with E-state index >= 15 is 0 Å². The Hall–Kier alpha value is -1.32. The lowest BCUT2D eigenvalue weighted by molar-refractivity contribution is 0.0704. The van der Waals surface area contributed by atoms with Crippen molar-refractivity contribution in [3.8, 4) is 0 Å². The molecular weight excluding hydrogens is 202 g/mol. The second-order valence-corrected chi connectivity index (χ2v) is 4.40. The largest absolute Gasteiger partial charge is 0.336 e. The van der Waals surface area contributed by atoms with Crippen LogP contribution >= 0.6 is 0 Å². The molecule has 0 radical (unpaired) electrons. The van der Waals surface area contributed by atoms with E-state index in [0.717, 1.165) is 29.9 Å². The first-order chi connectivity index (χ1) is 7.49. The lowest BCUT2D eigenvalue weighted by Crippen LogP contribution is -2.38. The van der Waals surface area contributed by atoms with Gasteiger partial charge in [-0.3, -0.25) is 9.89 Å². The number of aromatic amines is 1. The highest BCUT2D eigenvalue weighted by Gasteiger charge is 2.22. The number of nitrogens with one attached hydrogen (secondary N) is 1. The number of hydrogen-bond acceptors (Lipinski definition) is 2. The number of H-pyrrole nitrogens is 1. The Kier molecular flexibility index (Phi) is 4.10. The van der Waals surface area contributed by atoms with Gasteiger partial charge >= 0.3 is 0 Å². The molecule has 0 aliphatic heterocycles. The predicted octanol–water partition coefficient (Wildman–Crippen LogP) is 2.29. The summed E-state index contributed by atoms with van der Waals surface area (Å²) in [5.74, 6) is 0.0839. The van der Waals surface area contributed by atoms with E-state index in [2.05, 4.69) is 17.1 Å². The molecule has 0 atom stereocenters. The summed E-state index contributed by atoms with van der Waals surface area (Å²) in [5.41, 5.74) is 2.36. The highest BCUT2D eigenvalue weighted by molar-refractivity contribution is 5.96. The minimum atomic E-state index is 0.0839. The molecule has 0 spiro atoms. The van der Waals surface area contributed by atoms with Crippen molar-refractivity contribution in [1.29, 1.82) is 0 Å². The van der Waals surface area contributed by atoms with Gasteiger partial charge in [-0.05, 0) is 34.1 Å². The number of amides is 1. The first-order valence-electron chi connectivity index (χ1n) is 5.81. The molecule has 0 bridgehead atoms. The van der Waals surface area contributed by atoms with Gasteiger partial charge in [-0.15, -0.1) is 0 Å². The number of carbonyl (C=O) groups excluding carboxylic acids is 1. The van der Waals surface area contributed by atoms with Crippen molar-refractivity contribution in [2.75, 3.05) is 6.54 Å². The summed E-state index contributed by atoms with van der Waals surface area (Å²) in [6.45, 7) is 10.7. The van der Waals surface area contributed by atoms with Crippen LogP contribution in [0.5, 0.6) is 0 Å². The molecule has 0 fully saturated rings. The van der Waals surface area contributed by atoms with E-state index < -0.39 is 0 Å². The molecule has 16 heavy (non-hydrogen) atoms. The fourth-order valence-corrected chi connectivity index (χ4v) is 1.84. The van der Waals surface area contributed by atoms with E-state index in [1.54, 1.807) is 0 Å². The molecule has 1 aromatic heterocycles. The molecule has 90 valence electrons. The third-order valence-electron chi connectivity index (χ3n) is 2.69. The topological polar surface area (TPSA) is 49.0 Å². The van der Waals surface area contributed by atoms with Crippen molar-refractivity contribution in [1.82, 2.24) is 15.1 Å². The Labute approximate surface area is 97.0 Å². The SMILES string of the molecule is CCCN(C(=O)c1c(C)n[nH]c1C)C(C)C. The van der Waals surface area contributed by atoms with Gasteiger partial charge in [-0.1, -0.05) is 6.92 Å². The van der Waals surface area contributed by atoms with Gasteiger partial charge in [-0.25, -0.2) is 0 Å². The molecule has 0 aliphatic rings. The van der Waals surface area contributed by atoms with Crippen LogP contribution in [0, 0.1) is 13.8 Å². The molecule has 0 saturated heterocycles. The summed E-state index contributed by atoms with van der Waals surface area (Å²) in [5, 5.41) is 6.92. The third kappa shape index (κ3) is 2.43. The van der Waals surface area contributed by atoms with Crippen LogP contribution in [-0.2, 0) is 0 Å². The van der Waals surface area contributed by atoms with Crippen LogP contribution in [0.1, 0.15) is 48.9 Å². The molecular formula is C12H21N3O. The van der Waals surface area contributed by atoms with Gasteiger partial charge in [0.1, 0.15) is 0 Å². The van der Waals surface area contributed by atoms with Crippen LogP contribution < -0.4 is 0 Å². The molecule has 0 unspecified atom stereocenters. The molecule has 1 rings (SSSR count). The third-order valence-corrected chi connectivity index (χ3v) is 2.69. The Morgan fingerprint density at radius 1 is 1.44 bits per heavy atom. The molecule has 0 aromatic carbocycles. The fourth-order valence-electron chi connectivity index (χ4n) is 1.84. The van der Waals surface area contributed by atoms with Gasteiger partial charge in [0.25, 0.3) is 5.91 Å². The molecule has 0 aliphatic carbocycles. The van der Waals surface area contributed by atoms with Crippen molar-refractivity contribution >= 4 is 5.91 Å². The number of aryl methyl sites for hydroxylation is 2. The Balaban J connectivity index is 2.99. The van der Waals surface area contributed by atoms with Gasteiger partial charge in [0.2, 0.25) is 0 Å². The highest BCUT2D eigenvalue weighted by Crippen LogP contribution is 2.14. The van der Waals surface area contributed by atoms with Crippen molar-refractivity contribution in [2.24, 2.45) is 0 Å². The number of nitrogens with zero attached hydrogens (tertiary/aromatic N) is 2. The van der Waals surface area contributed by atoms with Gasteiger partial charge in [0, 0.05) is 18.3 Å². The van der Waals surface area contributed by atoms with E-state index in [9.17, 15) is 4.79 Å². The second kappa shape index (κ2) is 5.14. The van der Waals surface area contributed by atoms with E-state index in [0.29, 0.717) is 0 Å². The smallest absolute Gasteiger partial charge is 0.257 e. The molecule has 1 heterocycles. The Morgan fingerprint density at radius 3 is 2.44 bits per heavy atom. The van der Waals surface area contributed by atoms with Crippen molar-refractivity contribution in [3.05, 3.63) is 17.0 Å². The number of hydrogen-bond donors (Lipinski definition) is 1. The predicted molar refractivity (Wildman–Crippen MR) is 64.5 cm³/mol. The number of rotatable bonds is 4. The molecule has 1 N–H and O–H groups in total. The maximum atomic E-state index is 12.3. The van der Waals surface area contributed by atoms with Crippen LogP contribution in [0.15, 0.2) is 0 Å². The lowest BCUT2D eigenvalue weighted by Gasteiger charge is -2.26. The second-order valence-electron chi connectivity index (χ2n) is 4.40. The number of aromatic nitrogens is 2. The van der Waals surface area contributed by atoms with Crippen LogP contribution in [0.3, 0.4) is 0 Å². The van der Waals surface area contributed by atoms with E-state index in [1.807, 2.05) is 32.6 Å². The maximum Gasteiger partial charge on any atom is 0.257 e. The summed E-state index contributed by atoms with van der Waals surface area (Å²) in [7, 11) is 0. The summed E-state index contributed by atoms with van der Waals surface area (Å²) in [6, 6.07) is 0.223. The molecule has 0 saturated carbocycles.